The summed E-state index contributed by atoms with van der Waals surface area (Å²) < 4.78 is 0. The summed E-state index contributed by atoms with van der Waals surface area (Å²) in [5.74, 6) is 0.214. The summed E-state index contributed by atoms with van der Waals surface area (Å²) in [7, 11) is 0. The third-order valence-electron chi connectivity index (χ3n) is 3.31. The van der Waals surface area contributed by atoms with Crippen molar-refractivity contribution in [2.75, 3.05) is 0 Å². The Kier molecular flexibility index (Phi) is 2.61. The van der Waals surface area contributed by atoms with Crippen LogP contribution in [0.2, 0.25) is 0 Å². The van der Waals surface area contributed by atoms with E-state index >= 15 is 0 Å². The lowest BCUT2D eigenvalue weighted by Gasteiger charge is -2.32. The van der Waals surface area contributed by atoms with Gasteiger partial charge in [-0.15, -0.1) is 0 Å². The molecule has 2 rings (SSSR count). The molecular weight excluding hydrogens is 204 g/mol. The van der Waals surface area contributed by atoms with Gasteiger partial charge in [-0.25, -0.2) is 0 Å². The molecule has 0 radical (unpaired) electrons. The second-order valence-corrected chi connectivity index (χ2v) is 4.22. The number of nitro benzene ring substituents is 1. The predicted molar refractivity (Wildman–Crippen MR) is 58.9 cm³/mol. The van der Waals surface area contributed by atoms with Gasteiger partial charge in [-0.3, -0.25) is 10.1 Å². The van der Waals surface area contributed by atoms with Gasteiger partial charge in [0, 0.05) is 18.1 Å². The molecule has 82 valence electrons. The van der Waals surface area contributed by atoms with Crippen molar-refractivity contribution in [1.82, 2.24) is 0 Å². The Morgan fingerprint density at radius 1 is 1.50 bits per heavy atom. The Morgan fingerprint density at radius 3 is 2.75 bits per heavy atom. The highest BCUT2D eigenvalue weighted by atomic mass is 16.6. The molecule has 0 saturated heterocycles. The molecule has 1 saturated carbocycles. The molecule has 0 aromatic heterocycles. The van der Waals surface area contributed by atoms with Gasteiger partial charge in [-0.05, 0) is 30.9 Å². The number of nitro groups is 1. The van der Waals surface area contributed by atoms with E-state index in [9.17, 15) is 10.1 Å². The van der Waals surface area contributed by atoms with Crippen molar-refractivity contribution >= 4 is 5.69 Å². The van der Waals surface area contributed by atoms with E-state index in [1.54, 1.807) is 12.1 Å². The van der Waals surface area contributed by atoms with Gasteiger partial charge in [-0.2, -0.15) is 5.26 Å². The Labute approximate surface area is 93.7 Å². The second kappa shape index (κ2) is 3.93. The fourth-order valence-electron chi connectivity index (χ4n) is 2.17. The first-order valence-corrected chi connectivity index (χ1v) is 5.28. The Hall–Kier alpha value is -1.89. The summed E-state index contributed by atoms with van der Waals surface area (Å²) in [5.41, 5.74) is 2.12. The number of rotatable bonds is 2. The van der Waals surface area contributed by atoms with Crippen molar-refractivity contribution in [2.45, 2.75) is 25.7 Å². The molecule has 1 aliphatic carbocycles. The molecule has 0 spiro atoms. The van der Waals surface area contributed by atoms with E-state index in [0.29, 0.717) is 0 Å². The van der Waals surface area contributed by atoms with Crippen LogP contribution in [0.3, 0.4) is 0 Å². The third kappa shape index (κ3) is 1.65. The molecule has 4 heteroatoms. The summed E-state index contributed by atoms with van der Waals surface area (Å²) in [4.78, 5) is 10.3. The van der Waals surface area contributed by atoms with Crippen molar-refractivity contribution in [3.05, 3.63) is 39.4 Å². The SMILES string of the molecule is Cc1ccc([N+](=O)[O-])cc1C1CCC1C#N. The van der Waals surface area contributed by atoms with E-state index in [1.807, 2.05) is 6.92 Å². The number of hydrogen-bond donors (Lipinski definition) is 0. The minimum atomic E-state index is -0.386. The average Bonchev–Trinajstić information content (AvgIpc) is 2.20. The normalized spacial score (nSPS) is 23.2. The van der Waals surface area contributed by atoms with Crippen LogP contribution in [0.15, 0.2) is 18.2 Å². The highest BCUT2D eigenvalue weighted by Crippen LogP contribution is 2.43. The van der Waals surface area contributed by atoms with Crippen LogP contribution >= 0.6 is 0 Å². The van der Waals surface area contributed by atoms with Crippen molar-refractivity contribution in [2.24, 2.45) is 5.92 Å². The van der Waals surface area contributed by atoms with E-state index in [1.165, 1.54) is 6.07 Å². The van der Waals surface area contributed by atoms with Crippen molar-refractivity contribution < 1.29 is 4.92 Å². The molecule has 0 N–H and O–H groups in total. The number of nitrogens with zero attached hydrogens (tertiary/aromatic N) is 2. The van der Waals surface area contributed by atoms with Crippen molar-refractivity contribution in [1.29, 1.82) is 5.26 Å². The predicted octanol–water partition coefficient (Wildman–Crippen LogP) is 2.92. The third-order valence-corrected chi connectivity index (χ3v) is 3.31. The summed E-state index contributed by atoms with van der Waals surface area (Å²) >= 11 is 0. The first-order valence-electron chi connectivity index (χ1n) is 5.28. The van der Waals surface area contributed by atoms with E-state index in [-0.39, 0.29) is 22.4 Å². The van der Waals surface area contributed by atoms with Crippen LogP contribution in [0.4, 0.5) is 5.69 Å². The Morgan fingerprint density at radius 2 is 2.25 bits per heavy atom. The van der Waals surface area contributed by atoms with Crippen LogP contribution in [0.1, 0.15) is 29.9 Å². The molecular formula is C12H12N2O2. The standard InChI is InChI=1S/C12H12N2O2/c1-8-2-4-10(14(15)16)6-12(8)11-5-3-9(11)7-13/h2,4,6,9,11H,3,5H2,1H3. The van der Waals surface area contributed by atoms with Gasteiger partial charge in [0.25, 0.3) is 5.69 Å². The summed E-state index contributed by atoms with van der Waals surface area (Å²) in [6, 6.07) is 7.15. The minimum absolute atomic E-state index is 0.0284. The minimum Gasteiger partial charge on any atom is -0.258 e. The van der Waals surface area contributed by atoms with Crippen molar-refractivity contribution in [3.63, 3.8) is 0 Å². The van der Waals surface area contributed by atoms with E-state index in [0.717, 1.165) is 24.0 Å². The maximum absolute atomic E-state index is 10.7. The molecule has 0 bridgehead atoms. The molecule has 4 nitrogen and oxygen atoms in total. The molecule has 2 unspecified atom stereocenters. The highest BCUT2D eigenvalue weighted by molar-refractivity contribution is 5.42. The maximum atomic E-state index is 10.7. The van der Waals surface area contributed by atoms with Gasteiger partial charge in [0.15, 0.2) is 0 Å². The first kappa shape index (κ1) is 10.6. The van der Waals surface area contributed by atoms with Crippen LogP contribution in [-0.2, 0) is 0 Å². The molecule has 1 aromatic carbocycles. The molecule has 16 heavy (non-hydrogen) atoms. The fourth-order valence-corrected chi connectivity index (χ4v) is 2.17. The lowest BCUT2D eigenvalue weighted by Crippen LogP contribution is -2.23. The van der Waals surface area contributed by atoms with E-state index in [2.05, 4.69) is 6.07 Å². The zero-order valence-electron chi connectivity index (χ0n) is 9.01. The van der Waals surface area contributed by atoms with Gasteiger partial charge >= 0.3 is 0 Å². The number of benzene rings is 1. The second-order valence-electron chi connectivity index (χ2n) is 4.22. The Balaban J connectivity index is 2.37. The Bertz CT molecular complexity index is 476. The van der Waals surface area contributed by atoms with Gasteiger partial charge in [0.05, 0.1) is 16.9 Å². The number of hydrogen-bond acceptors (Lipinski definition) is 3. The lowest BCUT2D eigenvalue weighted by atomic mass is 9.70. The number of nitriles is 1. The van der Waals surface area contributed by atoms with E-state index < -0.39 is 0 Å². The lowest BCUT2D eigenvalue weighted by molar-refractivity contribution is -0.385. The summed E-state index contributed by atoms with van der Waals surface area (Å²) in [6.45, 7) is 1.94. The van der Waals surface area contributed by atoms with Crippen LogP contribution in [0, 0.1) is 34.3 Å². The molecule has 0 aliphatic heterocycles. The van der Waals surface area contributed by atoms with Gasteiger partial charge < -0.3 is 0 Å². The van der Waals surface area contributed by atoms with Crippen LogP contribution < -0.4 is 0 Å². The quantitative estimate of drug-likeness (QED) is 0.563. The summed E-state index contributed by atoms with van der Waals surface area (Å²) in [5, 5.41) is 19.6. The number of non-ortho nitro benzene ring substituents is 1. The zero-order chi connectivity index (χ0) is 11.7. The number of aryl methyl sites for hydroxylation is 1. The molecule has 0 amide bonds. The first-order chi connectivity index (χ1) is 7.63. The van der Waals surface area contributed by atoms with Crippen LogP contribution in [-0.4, -0.2) is 4.92 Å². The largest absolute Gasteiger partial charge is 0.269 e. The molecule has 2 atom stereocenters. The molecule has 1 aliphatic rings. The van der Waals surface area contributed by atoms with E-state index in [4.69, 9.17) is 5.26 Å². The molecule has 1 aromatic rings. The maximum Gasteiger partial charge on any atom is 0.269 e. The van der Waals surface area contributed by atoms with Gasteiger partial charge in [-0.1, -0.05) is 6.07 Å². The zero-order valence-corrected chi connectivity index (χ0v) is 9.01. The fraction of sp³-hybridized carbons (Fsp3) is 0.417. The topological polar surface area (TPSA) is 66.9 Å². The average molecular weight is 216 g/mol. The highest BCUT2D eigenvalue weighted by Gasteiger charge is 2.33. The molecule has 0 heterocycles. The monoisotopic (exact) mass is 216 g/mol. The van der Waals surface area contributed by atoms with Crippen molar-refractivity contribution in [3.8, 4) is 6.07 Å². The van der Waals surface area contributed by atoms with Crippen LogP contribution in [0.5, 0.6) is 0 Å². The molecule has 1 fully saturated rings. The van der Waals surface area contributed by atoms with Gasteiger partial charge in [0.1, 0.15) is 0 Å². The smallest absolute Gasteiger partial charge is 0.258 e. The van der Waals surface area contributed by atoms with Gasteiger partial charge in [0.2, 0.25) is 0 Å². The van der Waals surface area contributed by atoms with Crippen LogP contribution in [0.25, 0.3) is 0 Å². The summed E-state index contributed by atoms with van der Waals surface area (Å²) in [6.07, 6.45) is 1.86.